The van der Waals surface area contributed by atoms with Crippen molar-refractivity contribution >= 4 is 5.91 Å². The molecule has 2 aliphatic rings. The number of nitrogens with zero attached hydrogens (tertiary/aromatic N) is 4. The maximum Gasteiger partial charge on any atom is 0.219 e. The third kappa shape index (κ3) is 3.78. The van der Waals surface area contributed by atoms with Gasteiger partial charge in [-0.05, 0) is 30.9 Å². The van der Waals surface area contributed by atoms with Crippen molar-refractivity contribution in [3.63, 3.8) is 0 Å². The minimum absolute atomic E-state index is 0.211. The molecule has 0 saturated carbocycles. The van der Waals surface area contributed by atoms with Crippen molar-refractivity contribution in [2.75, 3.05) is 39.3 Å². The van der Waals surface area contributed by atoms with Crippen LogP contribution >= 0.6 is 0 Å². The average molecular weight is 330 g/mol. The number of carbonyl (C=O) groups excluding carboxylic acids is 1. The molecule has 5 heteroatoms. The molecule has 1 amide bonds. The molecule has 5 nitrogen and oxygen atoms in total. The Labute approximate surface area is 145 Å². The summed E-state index contributed by atoms with van der Waals surface area (Å²) >= 11 is 0. The van der Waals surface area contributed by atoms with Gasteiger partial charge in [0.2, 0.25) is 5.91 Å². The second-order valence-corrected chi connectivity index (χ2v) is 7.36. The molecule has 3 atom stereocenters. The van der Waals surface area contributed by atoms with E-state index in [1.54, 1.807) is 6.92 Å². The Balaban J connectivity index is 1.62. The van der Waals surface area contributed by atoms with Gasteiger partial charge in [-0.1, -0.05) is 13.0 Å². The van der Waals surface area contributed by atoms with Crippen LogP contribution in [-0.4, -0.2) is 70.9 Å². The van der Waals surface area contributed by atoms with Gasteiger partial charge in [0.1, 0.15) is 0 Å². The third-order valence-corrected chi connectivity index (χ3v) is 5.76. The summed E-state index contributed by atoms with van der Waals surface area (Å²) in [7, 11) is 0. The van der Waals surface area contributed by atoms with E-state index in [1.165, 1.54) is 5.56 Å². The summed E-state index contributed by atoms with van der Waals surface area (Å²) < 4.78 is 0. The topological polar surface area (TPSA) is 39.7 Å². The van der Waals surface area contributed by atoms with Crippen molar-refractivity contribution in [3.05, 3.63) is 30.1 Å². The molecule has 0 aliphatic carbocycles. The summed E-state index contributed by atoms with van der Waals surface area (Å²) in [5.41, 5.74) is 1.30. The van der Waals surface area contributed by atoms with E-state index in [1.807, 2.05) is 23.4 Å². The lowest BCUT2D eigenvalue weighted by Crippen LogP contribution is -2.43. The predicted octanol–water partition coefficient (Wildman–Crippen LogP) is 2.02. The lowest BCUT2D eigenvalue weighted by molar-refractivity contribution is -0.128. The Morgan fingerprint density at radius 2 is 2.08 bits per heavy atom. The Hall–Kier alpha value is -1.46. The van der Waals surface area contributed by atoms with Gasteiger partial charge < -0.3 is 4.90 Å². The largest absolute Gasteiger partial charge is 0.342 e. The van der Waals surface area contributed by atoms with Gasteiger partial charge in [-0.2, -0.15) is 0 Å². The van der Waals surface area contributed by atoms with Crippen LogP contribution in [-0.2, 0) is 4.79 Å². The van der Waals surface area contributed by atoms with Crippen molar-refractivity contribution in [2.45, 2.75) is 39.3 Å². The van der Waals surface area contributed by atoms with E-state index in [9.17, 15) is 4.79 Å². The van der Waals surface area contributed by atoms with E-state index in [2.05, 4.69) is 34.7 Å². The van der Waals surface area contributed by atoms with Crippen molar-refractivity contribution in [1.82, 2.24) is 19.7 Å². The van der Waals surface area contributed by atoms with Crippen LogP contribution in [0.2, 0.25) is 0 Å². The molecule has 0 aromatic carbocycles. The minimum Gasteiger partial charge on any atom is -0.342 e. The number of rotatable bonds is 3. The van der Waals surface area contributed by atoms with Crippen molar-refractivity contribution in [3.8, 4) is 0 Å². The van der Waals surface area contributed by atoms with E-state index in [-0.39, 0.29) is 5.91 Å². The van der Waals surface area contributed by atoms with Gasteiger partial charge in [-0.25, -0.2) is 0 Å². The molecular formula is C19H30N4O. The van der Waals surface area contributed by atoms with Crippen LogP contribution in [0.4, 0.5) is 0 Å². The summed E-state index contributed by atoms with van der Waals surface area (Å²) in [6, 6.07) is 5.20. The van der Waals surface area contributed by atoms with Gasteiger partial charge in [0.05, 0.1) is 0 Å². The molecule has 0 bridgehead atoms. The fraction of sp³-hybridized carbons (Fsp3) is 0.684. The number of hydrogen-bond acceptors (Lipinski definition) is 4. The first kappa shape index (κ1) is 17.4. The van der Waals surface area contributed by atoms with E-state index in [4.69, 9.17) is 0 Å². The van der Waals surface area contributed by atoms with Gasteiger partial charge in [0.15, 0.2) is 0 Å². The van der Waals surface area contributed by atoms with Crippen LogP contribution < -0.4 is 0 Å². The summed E-state index contributed by atoms with van der Waals surface area (Å²) in [6.45, 7) is 12.5. The maximum absolute atomic E-state index is 11.6. The molecule has 0 unspecified atom stereocenters. The van der Waals surface area contributed by atoms with Gasteiger partial charge >= 0.3 is 0 Å². The van der Waals surface area contributed by atoms with Crippen LogP contribution in [0.1, 0.15) is 38.8 Å². The van der Waals surface area contributed by atoms with Crippen LogP contribution in [0.5, 0.6) is 0 Å². The molecule has 2 saturated heterocycles. The highest BCUT2D eigenvalue weighted by atomic mass is 16.2. The zero-order valence-electron chi connectivity index (χ0n) is 15.2. The summed E-state index contributed by atoms with van der Waals surface area (Å²) in [6.07, 6.45) is 4.91. The highest BCUT2D eigenvalue weighted by Gasteiger charge is 2.36. The zero-order valence-corrected chi connectivity index (χ0v) is 15.2. The van der Waals surface area contributed by atoms with Crippen molar-refractivity contribution in [2.24, 2.45) is 5.92 Å². The normalized spacial score (nSPS) is 27.9. The van der Waals surface area contributed by atoms with Gasteiger partial charge in [0, 0.05) is 70.7 Å². The first-order chi connectivity index (χ1) is 11.6. The number of aromatic nitrogens is 1. The van der Waals surface area contributed by atoms with Crippen LogP contribution in [0.3, 0.4) is 0 Å². The average Bonchev–Trinajstić information content (AvgIpc) is 2.82. The minimum atomic E-state index is 0.211. The second kappa shape index (κ2) is 7.62. The monoisotopic (exact) mass is 330 g/mol. The molecule has 3 heterocycles. The summed E-state index contributed by atoms with van der Waals surface area (Å²) in [5, 5.41) is 0. The maximum atomic E-state index is 11.6. The molecule has 3 rings (SSSR count). The summed E-state index contributed by atoms with van der Waals surface area (Å²) in [4.78, 5) is 23.1. The Kier molecular flexibility index (Phi) is 5.51. The lowest BCUT2D eigenvalue weighted by atomic mass is 10.0. The molecule has 132 valence electrons. The molecular weight excluding hydrogens is 300 g/mol. The first-order valence-corrected chi connectivity index (χ1v) is 9.20. The zero-order chi connectivity index (χ0) is 17.1. The molecule has 24 heavy (non-hydrogen) atoms. The van der Waals surface area contributed by atoms with Gasteiger partial charge in [0.25, 0.3) is 0 Å². The molecule has 0 radical (unpaired) electrons. The van der Waals surface area contributed by atoms with Crippen molar-refractivity contribution < 1.29 is 4.79 Å². The SMILES string of the molecule is CC(=O)N1CCCN([C@@H]2CN([C@@H](C)c3cccnc3)C[C@@H]2C)CC1. The third-order valence-electron chi connectivity index (χ3n) is 5.76. The number of amides is 1. The van der Waals surface area contributed by atoms with E-state index in [0.29, 0.717) is 18.0 Å². The smallest absolute Gasteiger partial charge is 0.219 e. The second-order valence-electron chi connectivity index (χ2n) is 7.36. The Morgan fingerprint density at radius 3 is 2.79 bits per heavy atom. The van der Waals surface area contributed by atoms with Crippen LogP contribution in [0.15, 0.2) is 24.5 Å². The molecule has 2 aliphatic heterocycles. The Bertz CT molecular complexity index is 550. The quantitative estimate of drug-likeness (QED) is 0.850. The Morgan fingerprint density at radius 1 is 1.25 bits per heavy atom. The fourth-order valence-electron chi connectivity index (χ4n) is 4.20. The first-order valence-electron chi connectivity index (χ1n) is 9.20. The molecule has 2 fully saturated rings. The number of carbonyl (C=O) groups is 1. The van der Waals surface area contributed by atoms with E-state index in [0.717, 1.165) is 45.7 Å². The van der Waals surface area contributed by atoms with Gasteiger partial charge in [-0.3, -0.25) is 19.6 Å². The van der Waals surface area contributed by atoms with Crippen molar-refractivity contribution in [1.29, 1.82) is 0 Å². The fourth-order valence-corrected chi connectivity index (χ4v) is 4.20. The highest BCUT2D eigenvalue weighted by Crippen LogP contribution is 2.30. The summed E-state index contributed by atoms with van der Waals surface area (Å²) in [5.74, 6) is 0.871. The molecule has 1 aromatic rings. The highest BCUT2D eigenvalue weighted by molar-refractivity contribution is 5.73. The number of hydrogen-bond donors (Lipinski definition) is 0. The van der Waals surface area contributed by atoms with E-state index < -0.39 is 0 Å². The van der Waals surface area contributed by atoms with Gasteiger partial charge in [-0.15, -0.1) is 0 Å². The van der Waals surface area contributed by atoms with Crippen LogP contribution in [0.25, 0.3) is 0 Å². The molecule has 1 aromatic heterocycles. The standard InChI is InChI=1S/C19H30N4O/c1-15-13-23(16(2)18-6-4-7-20-12-18)14-19(15)22-9-5-8-21(10-11-22)17(3)24/h4,6-7,12,15-16,19H,5,8-11,13-14H2,1-3H3/t15-,16-,19+/m0/s1. The predicted molar refractivity (Wildman–Crippen MR) is 95.6 cm³/mol. The number of pyridine rings is 1. The molecule has 0 spiro atoms. The van der Waals surface area contributed by atoms with Crippen LogP contribution in [0, 0.1) is 5.92 Å². The molecule has 0 N–H and O–H groups in total. The number of likely N-dealkylation sites (tertiary alicyclic amines) is 1. The lowest BCUT2D eigenvalue weighted by Gasteiger charge is -2.30. The van der Waals surface area contributed by atoms with E-state index >= 15 is 0 Å².